The maximum Gasteiger partial charge on any atom is 0.0953 e. The van der Waals surface area contributed by atoms with E-state index in [4.69, 9.17) is 4.74 Å². The van der Waals surface area contributed by atoms with Gasteiger partial charge in [-0.05, 0) is 37.7 Å². The molecule has 14 heavy (non-hydrogen) atoms. The largest absolute Gasteiger partial charge is 0.501 e. The summed E-state index contributed by atoms with van der Waals surface area (Å²) in [5.74, 6) is 1.15. The molecule has 0 unspecified atom stereocenters. The highest BCUT2D eigenvalue weighted by Gasteiger charge is 2.42. The smallest absolute Gasteiger partial charge is 0.0953 e. The van der Waals surface area contributed by atoms with Crippen molar-refractivity contribution < 1.29 is 9.84 Å². The van der Waals surface area contributed by atoms with Gasteiger partial charge in [-0.3, -0.25) is 0 Å². The molecule has 2 nitrogen and oxygen atoms in total. The molecule has 0 aromatic heterocycles. The summed E-state index contributed by atoms with van der Waals surface area (Å²) in [6.07, 6.45) is 6.37. The molecule has 1 N–H and O–H groups in total. The summed E-state index contributed by atoms with van der Waals surface area (Å²) in [4.78, 5) is 0. The van der Waals surface area contributed by atoms with Gasteiger partial charge in [-0.25, -0.2) is 0 Å². The summed E-state index contributed by atoms with van der Waals surface area (Å²) in [6.45, 7) is 2.20. The van der Waals surface area contributed by atoms with Gasteiger partial charge in [-0.1, -0.05) is 6.92 Å². The van der Waals surface area contributed by atoms with Crippen LogP contribution in [-0.4, -0.2) is 18.3 Å². The Kier molecular flexibility index (Phi) is 2.56. The highest BCUT2D eigenvalue weighted by atomic mass is 16.5. The molecule has 0 radical (unpaired) electrons. The van der Waals surface area contributed by atoms with Crippen LogP contribution in [0, 0.1) is 5.41 Å². The fourth-order valence-electron chi connectivity index (χ4n) is 3.05. The lowest BCUT2D eigenvalue weighted by Gasteiger charge is -2.44. The molecule has 2 heteroatoms. The molecule has 2 aliphatic carbocycles. The molecule has 0 bridgehead atoms. The van der Waals surface area contributed by atoms with Gasteiger partial charge in [0, 0.05) is 11.8 Å². The van der Waals surface area contributed by atoms with Gasteiger partial charge in [-0.15, -0.1) is 0 Å². The summed E-state index contributed by atoms with van der Waals surface area (Å²) < 4.78 is 5.44. The van der Waals surface area contributed by atoms with Crippen LogP contribution in [0.3, 0.4) is 0 Å². The maximum atomic E-state index is 10.1. The third-order valence-electron chi connectivity index (χ3n) is 4.01. The molecular formula is C12H20O2. The SMILES string of the molecule is COC1=C2CCC[C@H](O)[C@@]2(C)CCC1. The second-order valence-corrected chi connectivity index (χ2v) is 4.78. The normalized spacial score (nSPS) is 38.1. The molecule has 1 saturated carbocycles. The van der Waals surface area contributed by atoms with Crippen LogP contribution in [0.25, 0.3) is 0 Å². The van der Waals surface area contributed by atoms with E-state index in [1.165, 1.54) is 5.57 Å². The summed E-state index contributed by atoms with van der Waals surface area (Å²) in [5, 5.41) is 10.1. The van der Waals surface area contributed by atoms with E-state index in [-0.39, 0.29) is 11.5 Å². The number of allylic oxidation sites excluding steroid dienone is 1. The molecule has 2 rings (SSSR count). The second-order valence-electron chi connectivity index (χ2n) is 4.78. The van der Waals surface area contributed by atoms with Crippen molar-refractivity contribution in [3.05, 3.63) is 11.3 Å². The summed E-state index contributed by atoms with van der Waals surface area (Å²) in [5.41, 5.74) is 1.41. The first-order valence-electron chi connectivity index (χ1n) is 5.63. The Bertz CT molecular complexity index is 257. The highest BCUT2D eigenvalue weighted by molar-refractivity contribution is 5.24. The van der Waals surface area contributed by atoms with Gasteiger partial charge in [0.25, 0.3) is 0 Å². The Morgan fingerprint density at radius 2 is 2.14 bits per heavy atom. The van der Waals surface area contributed by atoms with E-state index in [2.05, 4.69) is 6.92 Å². The highest BCUT2D eigenvalue weighted by Crippen LogP contribution is 2.49. The lowest BCUT2D eigenvalue weighted by atomic mass is 9.64. The first-order chi connectivity index (χ1) is 6.68. The number of ether oxygens (including phenoxy) is 1. The van der Waals surface area contributed by atoms with Gasteiger partial charge in [0.05, 0.1) is 19.0 Å². The van der Waals surface area contributed by atoms with Gasteiger partial charge in [0.15, 0.2) is 0 Å². The molecule has 0 saturated heterocycles. The Morgan fingerprint density at radius 3 is 2.86 bits per heavy atom. The Morgan fingerprint density at radius 1 is 1.36 bits per heavy atom. The Balaban J connectivity index is 2.37. The molecule has 0 amide bonds. The minimum absolute atomic E-state index is 0.0157. The fourth-order valence-corrected chi connectivity index (χ4v) is 3.05. The average molecular weight is 196 g/mol. The van der Waals surface area contributed by atoms with Crippen LogP contribution < -0.4 is 0 Å². The van der Waals surface area contributed by atoms with Crippen LogP contribution in [0.1, 0.15) is 45.4 Å². The van der Waals surface area contributed by atoms with Crippen molar-refractivity contribution >= 4 is 0 Å². The second kappa shape index (κ2) is 3.58. The van der Waals surface area contributed by atoms with Gasteiger partial charge in [0.2, 0.25) is 0 Å². The van der Waals surface area contributed by atoms with Crippen molar-refractivity contribution in [1.82, 2.24) is 0 Å². The zero-order valence-corrected chi connectivity index (χ0v) is 9.18. The monoisotopic (exact) mass is 196 g/mol. The van der Waals surface area contributed by atoms with E-state index in [0.29, 0.717) is 0 Å². The third kappa shape index (κ3) is 1.36. The fraction of sp³-hybridized carbons (Fsp3) is 0.833. The molecule has 0 heterocycles. The molecule has 2 atom stereocenters. The summed E-state index contributed by atoms with van der Waals surface area (Å²) in [6, 6.07) is 0. The molecule has 80 valence electrons. The average Bonchev–Trinajstić information content (AvgIpc) is 2.19. The first kappa shape index (κ1) is 10.0. The van der Waals surface area contributed by atoms with Gasteiger partial charge < -0.3 is 9.84 Å². The van der Waals surface area contributed by atoms with Crippen molar-refractivity contribution in [2.24, 2.45) is 5.41 Å². The van der Waals surface area contributed by atoms with Crippen LogP contribution in [-0.2, 0) is 4.74 Å². The van der Waals surface area contributed by atoms with E-state index in [1.807, 2.05) is 0 Å². The van der Waals surface area contributed by atoms with Crippen molar-refractivity contribution in [3.63, 3.8) is 0 Å². The molecule has 0 aliphatic heterocycles. The topological polar surface area (TPSA) is 29.5 Å². The molecule has 0 aromatic carbocycles. The van der Waals surface area contributed by atoms with Gasteiger partial charge >= 0.3 is 0 Å². The lowest BCUT2D eigenvalue weighted by Crippen LogP contribution is -2.40. The van der Waals surface area contributed by atoms with Crippen LogP contribution in [0.4, 0.5) is 0 Å². The number of aliphatic hydroxyl groups excluding tert-OH is 1. The minimum Gasteiger partial charge on any atom is -0.501 e. The molecular weight excluding hydrogens is 176 g/mol. The number of fused-ring (bicyclic) bond motifs is 1. The van der Waals surface area contributed by atoms with E-state index < -0.39 is 0 Å². The van der Waals surface area contributed by atoms with Crippen LogP contribution in [0.5, 0.6) is 0 Å². The molecule has 0 aromatic rings. The number of hydrogen-bond acceptors (Lipinski definition) is 2. The zero-order valence-electron chi connectivity index (χ0n) is 9.18. The van der Waals surface area contributed by atoms with E-state index in [0.717, 1.165) is 44.3 Å². The predicted octanol–water partition coefficient (Wildman–Crippen LogP) is 2.62. The molecule has 2 aliphatic rings. The van der Waals surface area contributed by atoms with Crippen LogP contribution >= 0.6 is 0 Å². The minimum atomic E-state index is -0.156. The van der Waals surface area contributed by atoms with Crippen molar-refractivity contribution in [1.29, 1.82) is 0 Å². The van der Waals surface area contributed by atoms with Crippen molar-refractivity contribution in [2.45, 2.75) is 51.6 Å². The predicted molar refractivity (Wildman–Crippen MR) is 55.9 cm³/mol. The van der Waals surface area contributed by atoms with Crippen LogP contribution in [0.2, 0.25) is 0 Å². The van der Waals surface area contributed by atoms with E-state index in [9.17, 15) is 5.11 Å². The Labute approximate surface area is 86.0 Å². The first-order valence-corrected chi connectivity index (χ1v) is 5.63. The Hall–Kier alpha value is -0.500. The standard InChI is InChI=1S/C12H20O2/c1-12-8-4-6-10(14-2)9(12)5-3-7-11(12)13/h11,13H,3-8H2,1-2H3/t11-,12-/m0/s1. The zero-order chi connectivity index (χ0) is 10.2. The number of methoxy groups -OCH3 is 1. The van der Waals surface area contributed by atoms with Crippen molar-refractivity contribution in [2.75, 3.05) is 7.11 Å². The molecule has 0 spiro atoms. The van der Waals surface area contributed by atoms with Crippen LogP contribution in [0.15, 0.2) is 11.3 Å². The van der Waals surface area contributed by atoms with E-state index in [1.54, 1.807) is 7.11 Å². The van der Waals surface area contributed by atoms with Gasteiger partial charge in [-0.2, -0.15) is 0 Å². The maximum absolute atomic E-state index is 10.1. The van der Waals surface area contributed by atoms with Gasteiger partial charge in [0.1, 0.15) is 0 Å². The number of hydrogen-bond donors (Lipinski definition) is 1. The number of rotatable bonds is 1. The van der Waals surface area contributed by atoms with E-state index >= 15 is 0 Å². The lowest BCUT2D eigenvalue weighted by molar-refractivity contribution is 0.0174. The number of aliphatic hydroxyl groups is 1. The quantitative estimate of drug-likeness (QED) is 0.698. The van der Waals surface area contributed by atoms with Crippen molar-refractivity contribution in [3.8, 4) is 0 Å². The summed E-state index contributed by atoms with van der Waals surface area (Å²) in [7, 11) is 1.76. The molecule has 1 fully saturated rings. The third-order valence-corrected chi connectivity index (χ3v) is 4.01. The summed E-state index contributed by atoms with van der Waals surface area (Å²) >= 11 is 0.